The molecule has 7 heteroatoms. The van der Waals surface area contributed by atoms with Gasteiger partial charge in [-0.3, -0.25) is 4.90 Å². The van der Waals surface area contributed by atoms with E-state index < -0.39 is 6.10 Å². The lowest BCUT2D eigenvalue weighted by Crippen LogP contribution is -2.49. The van der Waals surface area contributed by atoms with Crippen LogP contribution in [0.1, 0.15) is 18.6 Å². The summed E-state index contributed by atoms with van der Waals surface area (Å²) in [6.45, 7) is 5.34. The minimum Gasteiger partial charge on any atom is -0.491 e. The highest BCUT2D eigenvalue weighted by Crippen LogP contribution is 2.29. The van der Waals surface area contributed by atoms with Crippen LogP contribution in [-0.4, -0.2) is 61.7 Å². The third-order valence-corrected chi connectivity index (χ3v) is 6.01. The van der Waals surface area contributed by atoms with Gasteiger partial charge in [0.05, 0.1) is 32.0 Å². The summed E-state index contributed by atoms with van der Waals surface area (Å²) >= 11 is 6.87. The molecule has 29 heavy (non-hydrogen) atoms. The van der Waals surface area contributed by atoms with Crippen molar-refractivity contribution >= 4 is 31.9 Å². The van der Waals surface area contributed by atoms with E-state index in [1.165, 1.54) is 0 Å². The molecule has 0 amide bonds. The number of morpholine rings is 1. The molecule has 0 spiro atoms. The Morgan fingerprint density at radius 3 is 2.41 bits per heavy atom. The van der Waals surface area contributed by atoms with Gasteiger partial charge in [-0.1, -0.05) is 44.0 Å². The smallest absolute Gasteiger partial charge is 0.119 e. The van der Waals surface area contributed by atoms with Crippen molar-refractivity contribution in [2.45, 2.75) is 25.2 Å². The van der Waals surface area contributed by atoms with Crippen LogP contribution in [0.3, 0.4) is 0 Å². The quantitative estimate of drug-likeness (QED) is 0.488. The van der Waals surface area contributed by atoms with Crippen LogP contribution in [0.25, 0.3) is 0 Å². The Hall–Kier alpha value is -0.960. The zero-order chi connectivity index (χ0) is 20.6. The maximum absolute atomic E-state index is 10.4. The molecule has 1 saturated heterocycles. The molecular formula is C22H27Br2NO4. The second kappa shape index (κ2) is 11.4. The summed E-state index contributed by atoms with van der Waals surface area (Å²) < 4.78 is 19.3. The molecule has 158 valence electrons. The fourth-order valence-corrected chi connectivity index (χ4v) is 3.94. The number of nitrogens with zero attached hydrogens (tertiary/aromatic N) is 1. The summed E-state index contributed by atoms with van der Waals surface area (Å²) in [5, 5.41) is 10.4. The lowest BCUT2D eigenvalue weighted by molar-refractivity contribution is -0.0849. The number of aliphatic hydroxyl groups is 1. The first-order chi connectivity index (χ1) is 14.0. The van der Waals surface area contributed by atoms with E-state index in [1.54, 1.807) is 0 Å². The number of benzene rings is 2. The zero-order valence-corrected chi connectivity index (χ0v) is 19.6. The molecule has 0 aromatic heterocycles. The Bertz CT molecular complexity index is 741. The zero-order valence-electron chi connectivity index (χ0n) is 16.5. The molecule has 3 unspecified atom stereocenters. The summed E-state index contributed by atoms with van der Waals surface area (Å²) in [4.78, 5) is 2.27. The Balaban J connectivity index is 1.38. The molecule has 1 fully saturated rings. The van der Waals surface area contributed by atoms with Gasteiger partial charge in [-0.25, -0.2) is 0 Å². The van der Waals surface area contributed by atoms with E-state index in [4.69, 9.17) is 14.2 Å². The predicted octanol–water partition coefficient (Wildman–Crippen LogP) is 4.43. The molecule has 1 aliphatic rings. The van der Waals surface area contributed by atoms with Crippen LogP contribution in [-0.2, 0) is 9.47 Å². The maximum atomic E-state index is 10.4. The molecule has 1 N–H and O–H groups in total. The molecule has 0 saturated carbocycles. The van der Waals surface area contributed by atoms with Crippen LogP contribution >= 0.6 is 31.9 Å². The maximum Gasteiger partial charge on any atom is 0.119 e. The van der Waals surface area contributed by atoms with Gasteiger partial charge in [-0.05, 0) is 48.9 Å². The minimum atomic E-state index is -0.547. The van der Waals surface area contributed by atoms with E-state index in [0.29, 0.717) is 26.4 Å². The Morgan fingerprint density at radius 2 is 1.72 bits per heavy atom. The first-order valence-corrected chi connectivity index (χ1v) is 11.4. The summed E-state index contributed by atoms with van der Waals surface area (Å²) in [5.41, 5.74) is 1.15. The van der Waals surface area contributed by atoms with Crippen LogP contribution in [0.5, 0.6) is 5.75 Å². The summed E-state index contributed by atoms with van der Waals surface area (Å²) in [5.74, 6) is 0.804. The molecule has 0 aliphatic carbocycles. The molecule has 1 heterocycles. The lowest BCUT2D eigenvalue weighted by atomic mass is 10.0. The second-order valence-electron chi connectivity index (χ2n) is 7.11. The fraction of sp³-hybridized carbons (Fsp3) is 0.455. The Kier molecular flexibility index (Phi) is 8.96. The van der Waals surface area contributed by atoms with Gasteiger partial charge in [-0.15, -0.1) is 0 Å². The van der Waals surface area contributed by atoms with Gasteiger partial charge in [0.15, 0.2) is 0 Å². The average molecular weight is 529 g/mol. The van der Waals surface area contributed by atoms with Crippen molar-refractivity contribution in [3.63, 3.8) is 0 Å². The van der Waals surface area contributed by atoms with E-state index in [2.05, 4.69) is 55.8 Å². The number of ether oxygens (including phenoxy) is 3. The molecule has 2 aromatic rings. The first kappa shape index (κ1) is 22.7. The van der Waals surface area contributed by atoms with Crippen molar-refractivity contribution in [1.29, 1.82) is 0 Å². The molecule has 0 radical (unpaired) electrons. The van der Waals surface area contributed by atoms with Crippen LogP contribution in [0.4, 0.5) is 0 Å². The van der Waals surface area contributed by atoms with Crippen molar-refractivity contribution in [3.05, 3.63) is 63.0 Å². The monoisotopic (exact) mass is 527 g/mol. The van der Waals surface area contributed by atoms with Gasteiger partial charge in [0, 0.05) is 28.1 Å². The van der Waals surface area contributed by atoms with Gasteiger partial charge in [0.2, 0.25) is 0 Å². The lowest BCUT2D eigenvalue weighted by Gasteiger charge is -2.40. The second-order valence-corrected chi connectivity index (χ2v) is 8.94. The van der Waals surface area contributed by atoms with E-state index in [-0.39, 0.29) is 18.8 Å². The average Bonchev–Trinajstić information content (AvgIpc) is 2.71. The number of hydrogen-bond donors (Lipinski definition) is 1. The number of halogens is 2. The highest BCUT2D eigenvalue weighted by atomic mass is 79.9. The van der Waals surface area contributed by atoms with E-state index in [0.717, 1.165) is 26.8 Å². The molecule has 1 aliphatic heterocycles. The number of aliphatic hydroxyl groups excluding tert-OH is 1. The topological polar surface area (TPSA) is 51.2 Å². The number of rotatable bonds is 9. The SMILES string of the molecule is CC1C(c2ccc(Br)cc2)OCCN1CC(O)COCCOc1ccc(Br)cc1. The van der Waals surface area contributed by atoms with Crippen molar-refractivity contribution in [3.8, 4) is 5.75 Å². The number of hydrogen-bond acceptors (Lipinski definition) is 5. The van der Waals surface area contributed by atoms with E-state index in [1.807, 2.05) is 36.4 Å². The van der Waals surface area contributed by atoms with Crippen molar-refractivity contribution in [1.82, 2.24) is 4.90 Å². The van der Waals surface area contributed by atoms with Crippen LogP contribution in [0.2, 0.25) is 0 Å². The van der Waals surface area contributed by atoms with Gasteiger partial charge >= 0.3 is 0 Å². The van der Waals surface area contributed by atoms with Gasteiger partial charge in [-0.2, -0.15) is 0 Å². The van der Waals surface area contributed by atoms with Crippen LogP contribution in [0.15, 0.2) is 57.5 Å². The van der Waals surface area contributed by atoms with Crippen LogP contribution < -0.4 is 4.74 Å². The van der Waals surface area contributed by atoms with Crippen molar-refractivity contribution < 1.29 is 19.3 Å². The standard InChI is InChI=1S/C22H27Br2NO4/c1-16-22(17-2-4-18(23)5-3-17)29-11-10-25(16)14-20(26)15-27-12-13-28-21-8-6-19(24)7-9-21/h2-9,16,20,22,26H,10-15H2,1H3. The molecule has 5 nitrogen and oxygen atoms in total. The molecule has 3 rings (SSSR count). The van der Waals surface area contributed by atoms with E-state index in [9.17, 15) is 5.11 Å². The van der Waals surface area contributed by atoms with E-state index >= 15 is 0 Å². The Morgan fingerprint density at radius 1 is 1.07 bits per heavy atom. The van der Waals surface area contributed by atoms with Crippen molar-refractivity contribution in [2.75, 3.05) is 39.5 Å². The molecule has 2 aromatic carbocycles. The highest BCUT2D eigenvalue weighted by Gasteiger charge is 2.31. The minimum absolute atomic E-state index is 0.00396. The summed E-state index contributed by atoms with van der Waals surface area (Å²) in [6.07, 6.45) is -0.543. The van der Waals surface area contributed by atoms with Gasteiger partial charge < -0.3 is 19.3 Å². The first-order valence-electron chi connectivity index (χ1n) is 9.78. The largest absolute Gasteiger partial charge is 0.491 e. The fourth-order valence-electron chi connectivity index (χ4n) is 3.41. The third kappa shape index (κ3) is 7.05. The normalized spacial score (nSPS) is 21.1. The van der Waals surface area contributed by atoms with Crippen LogP contribution in [0, 0.1) is 0 Å². The van der Waals surface area contributed by atoms with Crippen molar-refractivity contribution in [2.24, 2.45) is 0 Å². The molecule has 3 atom stereocenters. The summed E-state index contributed by atoms with van der Waals surface area (Å²) in [6, 6.07) is 16.1. The highest BCUT2D eigenvalue weighted by molar-refractivity contribution is 9.10. The molecular weight excluding hydrogens is 502 g/mol. The third-order valence-electron chi connectivity index (χ3n) is 4.95. The molecule has 0 bridgehead atoms. The predicted molar refractivity (Wildman–Crippen MR) is 120 cm³/mol. The Labute approximate surface area is 189 Å². The number of β-amino-alcohol motifs (C(OH)–C–C–N with tert-alkyl or cyclic N) is 1. The van der Waals surface area contributed by atoms with Gasteiger partial charge in [0.25, 0.3) is 0 Å². The summed E-state index contributed by atoms with van der Waals surface area (Å²) in [7, 11) is 0. The van der Waals surface area contributed by atoms with Gasteiger partial charge in [0.1, 0.15) is 12.4 Å².